The van der Waals surface area contributed by atoms with Crippen LogP contribution in [0, 0.1) is 0 Å². The van der Waals surface area contributed by atoms with Gasteiger partial charge in [-0.1, -0.05) is 0 Å². The number of hydrogen-bond acceptors (Lipinski definition) is 4. The molecule has 0 atom stereocenters. The van der Waals surface area contributed by atoms with Crippen LogP contribution < -0.4 is 0 Å². The molecule has 6 nitrogen and oxygen atoms in total. The highest BCUT2D eigenvalue weighted by atomic mass is 16.3. The molecule has 0 spiro atoms. The Balaban J connectivity index is 1.38. The Kier molecular flexibility index (Phi) is 6.62. The molecule has 5 rings (SSSR count). The summed E-state index contributed by atoms with van der Waals surface area (Å²) in [7, 11) is 0. The molecule has 2 saturated heterocycles. The Morgan fingerprint density at radius 3 is 1.43 bits per heavy atom. The summed E-state index contributed by atoms with van der Waals surface area (Å²) in [4.78, 5) is 28.8. The first-order chi connectivity index (χ1) is 17.0. The van der Waals surface area contributed by atoms with Crippen molar-refractivity contribution in [1.82, 2.24) is 9.80 Å². The molecule has 0 aromatic heterocycles. The van der Waals surface area contributed by atoms with E-state index < -0.39 is 0 Å². The Hall–Kier alpha value is -3.54. The van der Waals surface area contributed by atoms with E-state index in [-0.39, 0.29) is 23.3 Å². The van der Waals surface area contributed by atoms with Crippen molar-refractivity contribution in [2.75, 3.05) is 26.2 Å². The van der Waals surface area contributed by atoms with Gasteiger partial charge in [-0.15, -0.1) is 0 Å². The molecule has 0 bridgehead atoms. The fraction of sp³-hybridized carbons (Fsp3) is 0.379. The van der Waals surface area contributed by atoms with E-state index in [9.17, 15) is 19.8 Å². The van der Waals surface area contributed by atoms with Gasteiger partial charge in [-0.3, -0.25) is 9.59 Å². The quantitative estimate of drug-likeness (QED) is 0.539. The van der Waals surface area contributed by atoms with Crippen LogP contribution in [0.15, 0.2) is 36.4 Å². The van der Waals surface area contributed by atoms with Gasteiger partial charge in [0.25, 0.3) is 0 Å². The van der Waals surface area contributed by atoms with Gasteiger partial charge in [-0.25, -0.2) is 0 Å². The molecule has 0 radical (unpaired) electrons. The van der Waals surface area contributed by atoms with Crippen LogP contribution in [0.5, 0.6) is 11.5 Å². The molecular weight excluding hydrogens is 440 g/mol. The summed E-state index contributed by atoms with van der Waals surface area (Å²) in [6.07, 6.45) is 13.5. The van der Waals surface area contributed by atoms with Crippen LogP contribution in [0.1, 0.15) is 60.8 Å². The van der Waals surface area contributed by atoms with Gasteiger partial charge < -0.3 is 20.0 Å². The first-order valence-electron chi connectivity index (χ1n) is 12.7. The molecule has 2 N–H and O–H groups in total. The standard InChI is InChI=1S/C29H32N2O4/c32-26-18-22-15-23-19-27(33)21(8-10-29(35)31-13-5-2-6-14-31)17-25(23)24(22)16-20(26)7-9-28(34)30-11-3-1-4-12-30/h7-10,16-19,32-33H,1-6,11-15H2/b9-7+,10-8+. The number of piperidine rings is 2. The average molecular weight is 473 g/mol. The number of aromatic hydroxyl groups is 2. The predicted molar refractivity (Wildman–Crippen MR) is 137 cm³/mol. The van der Waals surface area contributed by atoms with Gasteiger partial charge in [0.15, 0.2) is 0 Å². The minimum atomic E-state index is -0.0271. The lowest BCUT2D eigenvalue weighted by Gasteiger charge is -2.25. The predicted octanol–water partition coefficient (Wildman–Crippen LogP) is 4.72. The number of carbonyl (C=O) groups is 2. The SMILES string of the molecule is O=C(/C=C/c1cc2c(cc1O)Cc1cc(O)c(/C=C/C(=O)N3CCCCC3)cc1-2)N1CCCCC1. The van der Waals surface area contributed by atoms with E-state index in [1.807, 2.05) is 21.9 Å². The number of likely N-dealkylation sites (tertiary alicyclic amines) is 2. The number of benzene rings is 2. The summed E-state index contributed by atoms with van der Waals surface area (Å²) in [5.74, 6) is 0.216. The zero-order valence-electron chi connectivity index (χ0n) is 20.0. The normalized spacial score (nSPS) is 17.7. The Labute approximate surface area is 206 Å². The summed E-state index contributed by atoms with van der Waals surface area (Å²) >= 11 is 0. The minimum absolute atomic E-state index is 0.0271. The molecule has 1 aliphatic carbocycles. The summed E-state index contributed by atoms with van der Waals surface area (Å²) in [6.45, 7) is 3.14. The van der Waals surface area contributed by atoms with Gasteiger partial charge in [0, 0.05) is 49.5 Å². The van der Waals surface area contributed by atoms with E-state index in [0.29, 0.717) is 17.5 Å². The van der Waals surface area contributed by atoms with Crippen LogP contribution in [0.25, 0.3) is 23.3 Å². The molecule has 3 aliphatic rings. The van der Waals surface area contributed by atoms with Crippen molar-refractivity contribution < 1.29 is 19.8 Å². The van der Waals surface area contributed by atoms with E-state index >= 15 is 0 Å². The highest BCUT2D eigenvalue weighted by Gasteiger charge is 2.23. The van der Waals surface area contributed by atoms with Crippen LogP contribution >= 0.6 is 0 Å². The molecule has 2 aliphatic heterocycles. The van der Waals surface area contributed by atoms with Crippen molar-refractivity contribution in [3.8, 4) is 22.6 Å². The molecule has 2 fully saturated rings. The largest absolute Gasteiger partial charge is 0.507 e. The summed E-state index contributed by atoms with van der Waals surface area (Å²) < 4.78 is 0. The lowest BCUT2D eigenvalue weighted by molar-refractivity contribution is -0.127. The molecule has 2 aromatic carbocycles. The van der Waals surface area contributed by atoms with Crippen molar-refractivity contribution in [1.29, 1.82) is 0 Å². The summed E-state index contributed by atoms with van der Waals surface area (Å²) in [5.41, 5.74) is 5.07. The molecule has 182 valence electrons. The number of phenols is 2. The fourth-order valence-corrected chi connectivity index (χ4v) is 5.32. The minimum Gasteiger partial charge on any atom is -0.507 e. The van der Waals surface area contributed by atoms with Crippen LogP contribution in [-0.2, 0) is 16.0 Å². The second-order valence-electron chi connectivity index (χ2n) is 9.75. The van der Waals surface area contributed by atoms with Gasteiger partial charge in [0.1, 0.15) is 11.5 Å². The molecule has 0 unspecified atom stereocenters. The maximum atomic E-state index is 12.5. The van der Waals surface area contributed by atoms with Crippen LogP contribution in [0.3, 0.4) is 0 Å². The number of fused-ring (bicyclic) bond motifs is 3. The maximum Gasteiger partial charge on any atom is 0.246 e. The summed E-state index contributed by atoms with van der Waals surface area (Å²) in [5, 5.41) is 21.2. The van der Waals surface area contributed by atoms with Crippen molar-refractivity contribution in [2.45, 2.75) is 44.9 Å². The monoisotopic (exact) mass is 472 g/mol. The maximum absolute atomic E-state index is 12.5. The summed E-state index contributed by atoms with van der Waals surface area (Å²) in [6, 6.07) is 7.29. The van der Waals surface area contributed by atoms with Crippen molar-refractivity contribution in [3.63, 3.8) is 0 Å². The highest BCUT2D eigenvalue weighted by Crippen LogP contribution is 2.42. The van der Waals surface area contributed by atoms with Crippen LogP contribution in [0.2, 0.25) is 0 Å². The fourth-order valence-electron chi connectivity index (χ4n) is 5.32. The number of amides is 2. The van der Waals surface area contributed by atoms with E-state index in [0.717, 1.165) is 87.0 Å². The molecule has 2 heterocycles. The van der Waals surface area contributed by atoms with E-state index in [4.69, 9.17) is 0 Å². The van der Waals surface area contributed by atoms with Crippen molar-refractivity contribution in [2.24, 2.45) is 0 Å². The van der Waals surface area contributed by atoms with Crippen molar-refractivity contribution >= 4 is 24.0 Å². The van der Waals surface area contributed by atoms with E-state index in [1.54, 1.807) is 36.4 Å². The Morgan fingerprint density at radius 1 is 0.629 bits per heavy atom. The van der Waals surface area contributed by atoms with Gasteiger partial charge in [0.2, 0.25) is 11.8 Å². The lowest BCUT2D eigenvalue weighted by atomic mass is 9.99. The Bertz CT molecular complexity index is 1110. The van der Waals surface area contributed by atoms with Gasteiger partial charge in [-0.2, -0.15) is 0 Å². The number of nitrogens with zero attached hydrogens (tertiary/aromatic N) is 2. The topological polar surface area (TPSA) is 81.1 Å². The molecule has 6 heteroatoms. The Morgan fingerprint density at radius 2 is 1.03 bits per heavy atom. The molecular formula is C29H32N2O4. The number of phenolic OH excluding ortho intramolecular Hbond substituents is 2. The first kappa shape index (κ1) is 23.2. The molecule has 35 heavy (non-hydrogen) atoms. The van der Waals surface area contributed by atoms with Gasteiger partial charge in [-0.05, 0) is 104 Å². The van der Waals surface area contributed by atoms with E-state index in [2.05, 4.69) is 0 Å². The third kappa shape index (κ3) is 4.97. The van der Waals surface area contributed by atoms with Crippen molar-refractivity contribution in [3.05, 3.63) is 58.7 Å². The third-order valence-corrected chi connectivity index (χ3v) is 7.32. The first-order valence-corrected chi connectivity index (χ1v) is 12.7. The number of carbonyl (C=O) groups excluding carboxylic acids is 2. The number of rotatable bonds is 4. The lowest BCUT2D eigenvalue weighted by Crippen LogP contribution is -2.34. The second-order valence-corrected chi connectivity index (χ2v) is 9.75. The van der Waals surface area contributed by atoms with Gasteiger partial charge >= 0.3 is 0 Å². The zero-order valence-corrected chi connectivity index (χ0v) is 20.0. The van der Waals surface area contributed by atoms with Gasteiger partial charge in [0.05, 0.1) is 0 Å². The molecule has 2 aromatic rings. The smallest absolute Gasteiger partial charge is 0.246 e. The third-order valence-electron chi connectivity index (χ3n) is 7.32. The van der Waals surface area contributed by atoms with Crippen LogP contribution in [0.4, 0.5) is 0 Å². The van der Waals surface area contributed by atoms with Crippen LogP contribution in [-0.4, -0.2) is 58.0 Å². The average Bonchev–Trinajstić information content (AvgIpc) is 3.22. The zero-order chi connectivity index (χ0) is 24.4. The molecule has 2 amide bonds. The molecule has 0 saturated carbocycles. The number of hydrogen-bond donors (Lipinski definition) is 2. The van der Waals surface area contributed by atoms with E-state index in [1.165, 1.54) is 0 Å². The highest BCUT2D eigenvalue weighted by molar-refractivity contribution is 5.94. The second kappa shape index (κ2) is 9.98.